The summed E-state index contributed by atoms with van der Waals surface area (Å²) in [6.45, 7) is 0. The number of rotatable bonds is 2. The normalized spacial score (nSPS) is 12.8. The second-order valence-corrected chi connectivity index (χ2v) is 6.06. The van der Waals surface area contributed by atoms with Gasteiger partial charge in [0, 0.05) is 17.7 Å². The molecule has 1 heterocycles. The van der Waals surface area contributed by atoms with Crippen LogP contribution in [0.4, 0.5) is 13.2 Å². The Kier molecular flexibility index (Phi) is 3.80. The third-order valence-electron chi connectivity index (χ3n) is 2.18. The molecule has 2 rings (SSSR count). The first-order valence-electron chi connectivity index (χ1n) is 4.51. The second-order valence-electron chi connectivity index (χ2n) is 3.33. The molecule has 0 aliphatic rings. The van der Waals surface area contributed by atoms with Crippen LogP contribution in [0.3, 0.4) is 0 Å². The first kappa shape index (κ1) is 12.9. The molecule has 0 aliphatic carbocycles. The predicted octanol–water partition coefficient (Wildman–Crippen LogP) is 5.26. The first-order chi connectivity index (χ1) is 7.99. The van der Waals surface area contributed by atoms with E-state index in [4.69, 9.17) is 11.6 Å². The van der Waals surface area contributed by atoms with Gasteiger partial charge in [0.2, 0.25) is 0 Å². The lowest BCUT2D eigenvalue weighted by atomic mass is 10.1. The lowest BCUT2D eigenvalue weighted by molar-refractivity contribution is 0.526. The maximum absolute atomic E-state index is 13.5. The minimum absolute atomic E-state index is 0.335. The van der Waals surface area contributed by atoms with E-state index in [2.05, 4.69) is 15.9 Å². The zero-order valence-electron chi connectivity index (χ0n) is 8.18. The fourth-order valence-electron chi connectivity index (χ4n) is 1.42. The summed E-state index contributed by atoms with van der Waals surface area (Å²) in [5, 5.41) is 0.711. The molecule has 0 bridgehead atoms. The summed E-state index contributed by atoms with van der Waals surface area (Å²) < 4.78 is 40.5. The number of halogens is 5. The fraction of sp³-hybridized carbons (Fsp3) is 0.0909. The van der Waals surface area contributed by atoms with Crippen LogP contribution >= 0.6 is 38.9 Å². The monoisotopic (exact) mass is 340 g/mol. The van der Waals surface area contributed by atoms with Crippen molar-refractivity contribution in [3.05, 3.63) is 55.9 Å². The van der Waals surface area contributed by atoms with Gasteiger partial charge in [0.1, 0.15) is 17.5 Å². The summed E-state index contributed by atoms with van der Waals surface area (Å²) in [7, 11) is 0. The van der Waals surface area contributed by atoms with Gasteiger partial charge < -0.3 is 0 Å². The van der Waals surface area contributed by atoms with Gasteiger partial charge in [-0.05, 0) is 32.9 Å². The molecule has 0 amide bonds. The van der Waals surface area contributed by atoms with E-state index in [0.29, 0.717) is 17.7 Å². The number of hydrogen-bond donors (Lipinski definition) is 0. The molecule has 0 radical (unpaired) electrons. The summed E-state index contributed by atoms with van der Waals surface area (Å²) in [6.07, 6.45) is 0. The van der Waals surface area contributed by atoms with Crippen molar-refractivity contribution in [1.29, 1.82) is 0 Å². The van der Waals surface area contributed by atoms with Crippen LogP contribution in [0, 0.1) is 17.5 Å². The Labute approximate surface area is 113 Å². The number of thiophene rings is 1. The minimum Gasteiger partial charge on any atom is -0.207 e. The van der Waals surface area contributed by atoms with Crippen LogP contribution in [0.5, 0.6) is 0 Å². The van der Waals surface area contributed by atoms with Gasteiger partial charge in [-0.2, -0.15) is 0 Å². The SMILES string of the molecule is Fc1cc(F)c(C(Cl)c2csc(Br)c2)c(F)c1. The summed E-state index contributed by atoms with van der Waals surface area (Å²) in [5.41, 5.74) is 0.228. The van der Waals surface area contributed by atoms with Crippen molar-refractivity contribution >= 4 is 38.9 Å². The van der Waals surface area contributed by atoms with E-state index in [0.717, 1.165) is 3.79 Å². The van der Waals surface area contributed by atoms with E-state index >= 15 is 0 Å². The molecule has 1 unspecified atom stereocenters. The van der Waals surface area contributed by atoms with E-state index in [-0.39, 0.29) is 5.56 Å². The van der Waals surface area contributed by atoms with Crippen LogP contribution in [-0.4, -0.2) is 0 Å². The molecule has 0 nitrogen and oxygen atoms in total. The summed E-state index contributed by atoms with van der Waals surface area (Å²) in [5.74, 6) is -2.92. The molecule has 0 saturated carbocycles. The van der Waals surface area contributed by atoms with E-state index in [1.54, 1.807) is 11.4 Å². The Morgan fingerprint density at radius 2 is 1.71 bits per heavy atom. The molecule has 0 spiro atoms. The zero-order chi connectivity index (χ0) is 12.6. The Hall–Kier alpha value is -0.520. The molecular formula is C11H5BrClF3S. The number of hydrogen-bond acceptors (Lipinski definition) is 1. The van der Waals surface area contributed by atoms with Crippen LogP contribution in [0.1, 0.15) is 16.5 Å². The highest BCUT2D eigenvalue weighted by atomic mass is 79.9. The standard InChI is InChI=1S/C11H5BrClF3S/c12-9-1-5(4-17-9)11(13)10-7(15)2-6(14)3-8(10)16/h1-4,11H. The van der Waals surface area contributed by atoms with Gasteiger partial charge in [0.25, 0.3) is 0 Å². The molecule has 0 saturated heterocycles. The molecule has 0 fully saturated rings. The van der Waals surface area contributed by atoms with Crippen LogP contribution < -0.4 is 0 Å². The molecule has 1 atom stereocenters. The predicted molar refractivity (Wildman–Crippen MR) is 66.0 cm³/mol. The molecule has 0 aliphatic heterocycles. The highest BCUT2D eigenvalue weighted by molar-refractivity contribution is 9.11. The molecule has 1 aromatic heterocycles. The van der Waals surface area contributed by atoms with Gasteiger partial charge in [0.15, 0.2) is 0 Å². The van der Waals surface area contributed by atoms with Gasteiger partial charge in [0.05, 0.1) is 9.16 Å². The quantitative estimate of drug-likeness (QED) is 0.654. The van der Waals surface area contributed by atoms with Crippen molar-refractivity contribution in [3.8, 4) is 0 Å². The third kappa shape index (κ3) is 2.67. The summed E-state index contributed by atoms with van der Waals surface area (Å²) in [6, 6.07) is 2.91. The molecule has 1 aromatic carbocycles. The maximum Gasteiger partial charge on any atom is 0.134 e. The molecular weight excluding hydrogens is 337 g/mol. The highest BCUT2D eigenvalue weighted by Gasteiger charge is 2.21. The van der Waals surface area contributed by atoms with Gasteiger partial charge in [-0.25, -0.2) is 13.2 Å². The fourth-order valence-corrected chi connectivity index (χ4v) is 3.03. The van der Waals surface area contributed by atoms with E-state index in [9.17, 15) is 13.2 Å². The highest BCUT2D eigenvalue weighted by Crippen LogP contribution is 2.36. The van der Waals surface area contributed by atoms with Crippen LogP contribution in [0.2, 0.25) is 0 Å². The Morgan fingerprint density at radius 1 is 1.12 bits per heavy atom. The topological polar surface area (TPSA) is 0 Å². The smallest absolute Gasteiger partial charge is 0.134 e. The van der Waals surface area contributed by atoms with Crippen molar-refractivity contribution in [2.24, 2.45) is 0 Å². The number of alkyl halides is 1. The van der Waals surface area contributed by atoms with Crippen molar-refractivity contribution in [1.82, 2.24) is 0 Å². The summed E-state index contributed by atoms with van der Waals surface area (Å²) >= 11 is 10.6. The average Bonchev–Trinajstić information content (AvgIpc) is 2.63. The van der Waals surface area contributed by atoms with Gasteiger partial charge in [-0.15, -0.1) is 22.9 Å². The van der Waals surface area contributed by atoms with Gasteiger partial charge >= 0.3 is 0 Å². The first-order valence-corrected chi connectivity index (χ1v) is 6.62. The average molecular weight is 342 g/mol. The van der Waals surface area contributed by atoms with Crippen molar-refractivity contribution < 1.29 is 13.2 Å². The Balaban J connectivity index is 2.47. The lowest BCUT2D eigenvalue weighted by Gasteiger charge is -2.10. The second kappa shape index (κ2) is 5.00. The minimum atomic E-state index is -0.982. The van der Waals surface area contributed by atoms with Gasteiger partial charge in [-0.1, -0.05) is 0 Å². The Morgan fingerprint density at radius 3 is 2.18 bits per heavy atom. The van der Waals surface area contributed by atoms with Crippen molar-refractivity contribution in [2.75, 3.05) is 0 Å². The Bertz CT molecular complexity index is 532. The third-order valence-corrected chi connectivity index (χ3v) is 4.17. The summed E-state index contributed by atoms with van der Waals surface area (Å²) in [4.78, 5) is 0. The number of benzene rings is 1. The van der Waals surface area contributed by atoms with Gasteiger partial charge in [-0.3, -0.25) is 0 Å². The van der Waals surface area contributed by atoms with E-state index in [1.807, 2.05) is 0 Å². The molecule has 17 heavy (non-hydrogen) atoms. The molecule has 6 heteroatoms. The molecule has 2 aromatic rings. The van der Waals surface area contributed by atoms with E-state index in [1.165, 1.54) is 11.3 Å². The lowest BCUT2D eigenvalue weighted by Crippen LogP contribution is -2.01. The van der Waals surface area contributed by atoms with Crippen molar-refractivity contribution in [2.45, 2.75) is 5.38 Å². The van der Waals surface area contributed by atoms with Crippen LogP contribution in [0.25, 0.3) is 0 Å². The van der Waals surface area contributed by atoms with Crippen LogP contribution in [0.15, 0.2) is 27.4 Å². The molecule has 90 valence electrons. The zero-order valence-corrected chi connectivity index (χ0v) is 11.3. The van der Waals surface area contributed by atoms with Crippen molar-refractivity contribution in [3.63, 3.8) is 0 Å². The molecule has 0 N–H and O–H groups in total. The largest absolute Gasteiger partial charge is 0.207 e. The maximum atomic E-state index is 13.5. The van der Waals surface area contributed by atoms with Crippen LogP contribution in [-0.2, 0) is 0 Å². The van der Waals surface area contributed by atoms with E-state index < -0.39 is 22.8 Å².